The van der Waals surface area contributed by atoms with Gasteiger partial charge in [0.1, 0.15) is 17.2 Å². The highest BCUT2D eigenvalue weighted by Crippen LogP contribution is 2.32. The molecule has 4 nitrogen and oxygen atoms in total. The molecule has 0 aromatic carbocycles. The van der Waals surface area contributed by atoms with Crippen LogP contribution in [0.2, 0.25) is 5.02 Å². The fourth-order valence-corrected chi connectivity index (χ4v) is 2.42. The second-order valence-corrected chi connectivity index (χ2v) is 4.80. The second-order valence-electron chi connectivity index (χ2n) is 4.39. The number of aromatic nitrogens is 2. The third-order valence-corrected chi connectivity index (χ3v) is 3.53. The Bertz CT molecular complexity index is 350. The number of hydrogen-bond donors (Lipinski definition) is 2. The van der Waals surface area contributed by atoms with E-state index in [1.165, 1.54) is 25.6 Å². The maximum absolute atomic E-state index is 6.03. The Morgan fingerprint density at radius 1 is 1.38 bits per heavy atom. The Hall–Kier alpha value is -0.870. The molecule has 1 aromatic heterocycles. The van der Waals surface area contributed by atoms with Crippen molar-refractivity contribution in [3.63, 3.8) is 0 Å². The van der Waals surface area contributed by atoms with Gasteiger partial charge in [-0.2, -0.15) is 0 Å². The monoisotopic (exact) mass is 240 g/mol. The largest absolute Gasteiger partial charge is 0.362 e. The summed E-state index contributed by atoms with van der Waals surface area (Å²) in [6.45, 7) is 0.618. The van der Waals surface area contributed by atoms with Crippen LogP contribution in [0.3, 0.4) is 0 Å². The van der Waals surface area contributed by atoms with Crippen LogP contribution in [0.5, 0.6) is 0 Å². The molecule has 0 unspecified atom stereocenters. The molecule has 2 rings (SSSR count). The van der Waals surface area contributed by atoms with E-state index in [4.69, 9.17) is 17.3 Å². The maximum atomic E-state index is 6.03. The second kappa shape index (κ2) is 4.97. The highest BCUT2D eigenvalue weighted by Gasteiger charge is 2.31. The zero-order valence-corrected chi connectivity index (χ0v) is 10.0. The molecule has 1 saturated carbocycles. The molecule has 1 heterocycles. The molecule has 0 atom stereocenters. The van der Waals surface area contributed by atoms with Crippen molar-refractivity contribution in [3.05, 3.63) is 17.5 Å². The quantitative estimate of drug-likeness (QED) is 0.850. The van der Waals surface area contributed by atoms with Crippen molar-refractivity contribution in [2.75, 3.05) is 11.9 Å². The standard InChI is InChI=1S/C11H17ClN4/c12-9-6-14-8-15-10(9)16-11(7-13)4-2-1-3-5-11/h6,8H,1-5,7,13H2,(H,14,15,16). The van der Waals surface area contributed by atoms with Crippen molar-refractivity contribution in [1.29, 1.82) is 0 Å². The van der Waals surface area contributed by atoms with Crippen LogP contribution in [-0.2, 0) is 0 Å². The molecule has 16 heavy (non-hydrogen) atoms. The average Bonchev–Trinajstić information content (AvgIpc) is 2.33. The lowest BCUT2D eigenvalue weighted by molar-refractivity contribution is 0.330. The minimum absolute atomic E-state index is 0.0315. The van der Waals surface area contributed by atoms with Gasteiger partial charge in [-0.1, -0.05) is 30.9 Å². The smallest absolute Gasteiger partial charge is 0.148 e. The number of nitrogens with one attached hydrogen (secondary N) is 1. The predicted molar refractivity (Wildman–Crippen MR) is 65.5 cm³/mol. The molecule has 5 heteroatoms. The van der Waals surface area contributed by atoms with Crippen LogP contribution in [-0.4, -0.2) is 22.1 Å². The number of hydrogen-bond acceptors (Lipinski definition) is 4. The summed E-state index contributed by atoms with van der Waals surface area (Å²) in [5, 5.41) is 3.96. The van der Waals surface area contributed by atoms with E-state index in [-0.39, 0.29) is 5.54 Å². The van der Waals surface area contributed by atoms with Gasteiger partial charge in [-0.3, -0.25) is 0 Å². The van der Waals surface area contributed by atoms with Crippen molar-refractivity contribution in [2.24, 2.45) is 5.73 Å². The topological polar surface area (TPSA) is 63.8 Å². The van der Waals surface area contributed by atoms with Gasteiger partial charge in [-0.25, -0.2) is 9.97 Å². The summed E-state index contributed by atoms with van der Waals surface area (Å²) >= 11 is 6.03. The molecule has 0 radical (unpaired) electrons. The van der Waals surface area contributed by atoms with Crippen molar-refractivity contribution < 1.29 is 0 Å². The van der Waals surface area contributed by atoms with E-state index < -0.39 is 0 Å². The first kappa shape index (κ1) is 11.6. The summed E-state index contributed by atoms with van der Waals surface area (Å²) in [5.74, 6) is 0.698. The summed E-state index contributed by atoms with van der Waals surface area (Å²) < 4.78 is 0. The fourth-order valence-electron chi connectivity index (χ4n) is 2.26. The molecule has 0 spiro atoms. The number of anilines is 1. The molecule has 0 amide bonds. The lowest BCUT2D eigenvalue weighted by Crippen LogP contribution is -2.47. The van der Waals surface area contributed by atoms with Gasteiger partial charge in [-0.15, -0.1) is 0 Å². The minimum Gasteiger partial charge on any atom is -0.362 e. The van der Waals surface area contributed by atoms with E-state index in [1.54, 1.807) is 6.20 Å². The van der Waals surface area contributed by atoms with Gasteiger partial charge in [-0.05, 0) is 12.8 Å². The first-order valence-electron chi connectivity index (χ1n) is 5.69. The number of nitrogens with two attached hydrogens (primary N) is 1. The van der Waals surface area contributed by atoms with Gasteiger partial charge in [0.05, 0.1) is 11.7 Å². The molecule has 0 aliphatic heterocycles. The first-order chi connectivity index (χ1) is 7.76. The minimum atomic E-state index is -0.0315. The Labute approximate surface area is 101 Å². The Kier molecular flexibility index (Phi) is 3.61. The van der Waals surface area contributed by atoms with Crippen molar-refractivity contribution in [2.45, 2.75) is 37.6 Å². The van der Waals surface area contributed by atoms with Crippen LogP contribution in [0.25, 0.3) is 0 Å². The van der Waals surface area contributed by atoms with Gasteiger partial charge >= 0.3 is 0 Å². The van der Waals surface area contributed by atoms with Gasteiger partial charge in [0, 0.05) is 6.54 Å². The molecule has 0 bridgehead atoms. The van der Waals surface area contributed by atoms with Crippen molar-refractivity contribution in [3.8, 4) is 0 Å². The average molecular weight is 241 g/mol. The molecule has 88 valence electrons. The highest BCUT2D eigenvalue weighted by atomic mass is 35.5. The van der Waals surface area contributed by atoms with Crippen LogP contribution >= 0.6 is 11.6 Å². The third-order valence-electron chi connectivity index (χ3n) is 3.25. The molecule has 0 saturated heterocycles. The zero-order valence-electron chi connectivity index (χ0n) is 9.25. The number of nitrogens with zero attached hydrogens (tertiary/aromatic N) is 2. The van der Waals surface area contributed by atoms with E-state index in [0.717, 1.165) is 12.8 Å². The van der Waals surface area contributed by atoms with Crippen molar-refractivity contribution >= 4 is 17.4 Å². The molecular weight excluding hydrogens is 224 g/mol. The predicted octanol–water partition coefficient (Wildman–Crippen LogP) is 2.20. The normalized spacial score (nSPS) is 19.4. The van der Waals surface area contributed by atoms with E-state index in [0.29, 0.717) is 17.4 Å². The van der Waals surface area contributed by atoms with E-state index in [1.807, 2.05) is 0 Å². The van der Waals surface area contributed by atoms with E-state index in [9.17, 15) is 0 Å². The Balaban J connectivity index is 2.15. The maximum Gasteiger partial charge on any atom is 0.148 e. The van der Waals surface area contributed by atoms with E-state index >= 15 is 0 Å². The SMILES string of the molecule is NCC1(Nc2ncncc2Cl)CCCCC1. The molecular formula is C11H17ClN4. The Morgan fingerprint density at radius 2 is 2.12 bits per heavy atom. The van der Waals surface area contributed by atoms with Gasteiger partial charge in [0.15, 0.2) is 0 Å². The lowest BCUT2D eigenvalue weighted by Gasteiger charge is -2.37. The molecule has 1 fully saturated rings. The van der Waals surface area contributed by atoms with Gasteiger partial charge < -0.3 is 11.1 Å². The molecule has 3 N–H and O–H groups in total. The Morgan fingerprint density at radius 3 is 2.75 bits per heavy atom. The van der Waals surface area contributed by atoms with Crippen molar-refractivity contribution in [1.82, 2.24) is 9.97 Å². The number of halogens is 1. The van der Waals surface area contributed by atoms with Crippen LogP contribution < -0.4 is 11.1 Å². The summed E-state index contributed by atoms with van der Waals surface area (Å²) in [7, 11) is 0. The van der Waals surface area contributed by atoms with Crippen LogP contribution in [0.15, 0.2) is 12.5 Å². The summed E-state index contributed by atoms with van der Waals surface area (Å²) in [6, 6.07) is 0. The lowest BCUT2D eigenvalue weighted by atomic mass is 9.82. The van der Waals surface area contributed by atoms with Crippen LogP contribution in [0.1, 0.15) is 32.1 Å². The summed E-state index contributed by atoms with van der Waals surface area (Å²) in [4.78, 5) is 8.03. The summed E-state index contributed by atoms with van der Waals surface area (Å²) in [5.41, 5.74) is 5.86. The first-order valence-corrected chi connectivity index (χ1v) is 6.07. The zero-order chi connectivity index (χ0) is 11.4. The summed E-state index contributed by atoms with van der Waals surface area (Å²) in [6.07, 6.45) is 9.00. The van der Waals surface area contributed by atoms with Gasteiger partial charge in [0.2, 0.25) is 0 Å². The molecule has 1 aliphatic rings. The molecule has 1 aromatic rings. The van der Waals surface area contributed by atoms with Crippen LogP contribution in [0.4, 0.5) is 5.82 Å². The fraction of sp³-hybridized carbons (Fsp3) is 0.636. The highest BCUT2D eigenvalue weighted by molar-refractivity contribution is 6.32. The number of rotatable bonds is 3. The third kappa shape index (κ3) is 2.44. The van der Waals surface area contributed by atoms with Crippen LogP contribution in [0, 0.1) is 0 Å². The molecule has 1 aliphatic carbocycles. The van der Waals surface area contributed by atoms with Gasteiger partial charge in [0.25, 0.3) is 0 Å². The van der Waals surface area contributed by atoms with E-state index in [2.05, 4.69) is 15.3 Å².